The second-order valence-electron chi connectivity index (χ2n) is 4.97. The van der Waals surface area contributed by atoms with Gasteiger partial charge in [0.1, 0.15) is 5.37 Å². The van der Waals surface area contributed by atoms with Crippen LogP contribution in [-0.4, -0.2) is 11.4 Å². The van der Waals surface area contributed by atoms with Crippen LogP contribution in [-0.2, 0) is 6.54 Å². The Balaban J connectivity index is 1.85. The topological polar surface area (TPSA) is 29.3 Å². The van der Waals surface area contributed by atoms with Gasteiger partial charge in [0.25, 0.3) is 0 Å². The lowest BCUT2D eigenvalue weighted by Crippen LogP contribution is -2.26. The van der Waals surface area contributed by atoms with E-state index in [0.717, 1.165) is 11.6 Å². The van der Waals surface area contributed by atoms with Gasteiger partial charge < -0.3 is 10.6 Å². The van der Waals surface area contributed by atoms with Gasteiger partial charge in [0.05, 0.1) is 0 Å². The second-order valence-corrected chi connectivity index (χ2v) is 6.36. The predicted octanol–water partition coefficient (Wildman–Crippen LogP) is 4.39. The number of hydrogen-bond donors (Lipinski definition) is 1. The van der Waals surface area contributed by atoms with Crippen molar-refractivity contribution in [2.75, 3.05) is 6.54 Å². The van der Waals surface area contributed by atoms with Gasteiger partial charge in [-0.05, 0) is 28.7 Å². The van der Waals surface area contributed by atoms with Gasteiger partial charge in [-0.25, -0.2) is 0 Å². The lowest BCUT2D eigenvalue weighted by molar-refractivity contribution is 0.325. The smallest absolute Gasteiger partial charge is 0.105 e. The molecule has 0 saturated heterocycles. The maximum atomic E-state index is 5.99. The van der Waals surface area contributed by atoms with Gasteiger partial charge in [0.15, 0.2) is 0 Å². The molecular weight excluding hydrogens is 300 g/mol. The first-order chi connectivity index (χ1) is 10.3. The van der Waals surface area contributed by atoms with Crippen molar-refractivity contribution < 1.29 is 0 Å². The van der Waals surface area contributed by atoms with Crippen LogP contribution in [0.4, 0.5) is 0 Å². The molecule has 4 heteroatoms. The van der Waals surface area contributed by atoms with Crippen molar-refractivity contribution in [3.05, 3.63) is 81.9 Å². The summed E-state index contributed by atoms with van der Waals surface area (Å²) < 4.78 is 0. The highest BCUT2D eigenvalue weighted by molar-refractivity contribution is 8.02. The van der Waals surface area contributed by atoms with E-state index in [4.69, 9.17) is 17.3 Å². The molecule has 1 heterocycles. The van der Waals surface area contributed by atoms with Crippen LogP contribution >= 0.6 is 23.4 Å². The summed E-state index contributed by atoms with van der Waals surface area (Å²) in [6.45, 7) is 1.42. The van der Waals surface area contributed by atoms with E-state index in [2.05, 4.69) is 46.7 Å². The third kappa shape index (κ3) is 3.26. The highest BCUT2D eigenvalue weighted by Gasteiger charge is 2.27. The summed E-state index contributed by atoms with van der Waals surface area (Å²) in [6.07, 6.45) is 0. The van der Waals surface area contributed by atoms with Crippen LogP contribution in [0.15, 0.2) is 65.7 Å². The highest BCUT2D eigenvalue weighted by atomic mass is 35.5. The molecule has 2 aromatic rings. The van der Waals surface area contributed by atoms with E-state index in [0.29, 0.717) is 6.54 Å². The fraction of sp³-hybridized carbons (Fsp3) is 0.176. The minimum Gasteiger partial charge on any atom is -0.353 e. The molecule has 2 nitrogen and oxygen atoms in total. The molecule has 0 aromatic heterocycles. The Kier molecular flexibility index (Phi) is 4.54. The molecule has 0 amide bonds. The van der Waals surface area contributed by atoms with Crippen molar-refractivity contribution in [3.8, 4) is 0 Å². The molecule has 21 heavy (non-hydrogen) atoms. The minimum absolute atomic E-state index is 0.265. The number of nitrogens with two attached hydrogens (primary N) is 1. The molecule has 2 aromatic carbocycles. The van der Waals surface area contributed by atoms with Gasteiger partial charge in [0, 0.05) is 23.8 Å². The van der Waals surface area contributed by atoms with Crippen LogP contribution in [0.3, 0.4) is 0 Å². The van der Waals surface area contributed by atoms with E-state index < -0.39 is 0 Å². The minimum atomic E-state index is 0.265. The molecule has 0 fully saturated rings. The number of nitrogens with zero attached hydrogens (tertiary/aromatic N) is 1. The maximum Gasteiger partial charge on any atom is 0.105 e. The second kappa shape index (κ2) is 6.56. The molecule has 0 aliphatic carbocycles. The molecule has 0 radical (unpaired) electrons. The number of thioether (sulfide) groups is 1. The molecule has 0 spiro atoms. The third-order valence-electron chi connectivity index (χ3n) is 3.55. The van der Waals surface area contributed by atoms with Crippen LogP contribution in [0.2, 0.25) is 5.02 Å². The largest absolute Gasteiger partial charge is 0.353 e. The van der Waals surface area contributed by atoms with Gasteiger partial charge in [-0.3, -0.25) is 0 Å². The van der Waals surface area contributed by atoms with Crippen molar-refractivity contribution in [1.29, 1.82) is 0 Å². The summed E-state index contributed by atoms with van der Waals surface area (Å²) in [6, 6.07) is 18.5. The zero-order valence-corrected chi connectivity index (χ0v) is 13.1. The zero-order valence-electron chi connectivity index (χ0n) is 11.6. The quantitative estimate of drug-likeness (QED) is 0.907. The maximum absolute atomic E-state index is 5.99. The lowest BCUT2D eigenvalue weighted by Gasteiger charge is -2.29. The fourth-order valence-electron chi connectivity index (χ4n) is 2.45. The Hall–Kier alpha value is -1.42. The normalized spacial score (nSPS) is 17.9. The van der Waals surface area contributed by atoms with Crippen molar-refractivity contribution >= 4 is 23.4 Å². The van der Waals surface area contributed by atoms with Crippen molar-refractivity contribution in [1.82, 2.24) is 4.90 Å². The zero-order chi connectivity index (χ0) is 14.7. The van der Waals surface area contributed by atoms with Gasteiger partial charge in [-0.1, -0.05) is 54.1 Å². The molecule has 1 unspecified atom stereocenters. The molecule has 3 rings (SSSR count). The highest BCUT2D eigenvalue weighted by Crippen LogP contribution is 2.43. The van der Waals surface area contributed by atoms with E-state index >= 15 is 0 Å². The molecule has 0 bridgehead atoms. The average Bonchev–Trinajstić information content (AvgIpc) is 2.92. The van der Waals surface area contributed by atoms with Crippen molar-refractivity contribution in [3.63, 3.8) is 0 Å². The number of rotatable bonds is 4. The van der Waals surface area contributed by atoms with Crippen LogP contribution in [0.5, 0.6) is 0 Å². The molecule has 1 aliphatic rings. The van der Waals surface area contributed by atoms with E-state index in [1.807, 2.05) is 18.2 Å². The Morgan fingerprint density at radius 1 is 1.05 bits per heavy atom. The summed E-state index contributed by atoms with van der Waals surface area (Å²) in [4.78, 5) is 2.36. The van der Waals surface area contributed by atoms with E-state index in [9.17, 15) is 0 Å². The van der Waals surface area contributed by atoms with Gasteiger partial charge >= 0.3 is 0 Å². The summed E-state index contributed by atoms with van der Waals surface area (Å²) >= 11 is 7.79. The van der Waals surface area contributed by atoms with E-state index in [1.165, 1.54) is 16.8 Å². The summed E-state index contributed by atoms with van der Waals surface area (Å²) in [5, 5.41) is 3.20. The van der Waals surface area contributed by atoms with E-state index in [-0.39, 0.29) is 5.37 Å². The first-order valence-corrected chi connectivity index (χ1v) is 8.20. The summed E-state index contributed by atoms with van der Waals surface area (Å²) in [5.74, 6) is 0. The summed E-state index contributed by atoms with van der Waals surface area (Å²) in [5.41, 5.74) is 9.62. The Bertz CT molecular complexity index is 625. The molecule has 0 saturated carbocycles. The van der Waals surface area contributed by atoms with Crippen molar-refractivity contribution in [2.24, 2.45) is 5.73 Å². The average molecular weight is 317 g/mol. The summed E-state index contributed by atoms with van der Waals surface area (Å²) in [7, 11) is 0. The molecule has 108 valence electrons. The number of halogens is 1. The van der Waals surface area contributed by atoms with Gasteiger partial charge in [-0.15, -0.1) is 11.8 Å². The Morgan fingerprint density at radius 2 is 1.76 bits per heavy atom. The first-order valence-electron chi connectivity index (χ1n) is 6.88. The molecule has 1 aliphatic heterocycles. The number of benzene rings is 2. The van der Waals surface area contributed by atoms with E-state index in [1.54, 1.807) is 11.8 Å². The molecule has 1 atom stereocenters. The SMILES string of the molecule is NCC1=CSC(c2ccc(Cl)cc2)N1Cc1ccccc1. The Labute approximate surface area is 134 Å². The van der Waals surface area contributed by atoms with Crippen LogP contribution in [0.1, 0.15) is 16.5 Å². The lowest BCUT2D eigenvalue weighted by atomic mass is 10.1. The van der Waals surface area contributed by atoms with Crippen LogP contribution < -0.4 is 5.73 Å². The standard InChI is InChI=1S/C17H17ClN2S/c18-15-8-6-14(7-9-15)17-20(16(10-19)12-21-17)11-13-4-2-1-3-5-13/h1-9,12,17H,10-11,19H2. The predicted molar refractivity (Wildman–Crippen MR) is 90.9 cm³/mol. The number of hydrogen-bond acceptors (Lipinski definition) is 3. The Morgan fingerprint density at radius 3 is 2.43 bits per heavy atom. The fourth-order valence-corrected chi connectivity index (χ4v) is 3.77. The van der Waals surface area contributed by atoms with Crippen LogP contribution in [0, 0.1) is 0 Å². The van der Waals surface area contributed by atoms with Crippen molar-refractivity contribution in [2.45, 2.75) is 11.9 Å². The molecular formula is C17H17ClN2S. The monoisotopic (exact) mass is 316 g/mol. The van der Waals surface area contributed by atoms with Gasteiger partial charge in [-0.2, -0.15) is 0 Å². The molecule has 2 N–H and O–H groups in total. The third-order valence-corrected chi connectivity index (χ3v) is 4.99. The van der Waals surface area contributed by atoms with Crippen LogP contribution in [0.25, 0.3) is 0 Å². The van der Waals surface area contributed by atoms with Gasteiger partial charge in [0.2, 0.25) is 0 Å². The first kappa shape index (κ1) is 14.5.